The number of hydrogen-bond donors (Lipinski definition) is 2. The second-order valence-corrected chi connectivity index (χ2v) is 3.50. The molecule has 2 amide bonds. The number of rotatable bonds is 6. The number of urea groups is 1. The summed E-state index contributed by atoms with van der Waals surface area (Å²) < 4.78 is 4.43. The van der Waals surface area contributed by atoms with Crippen molar-refractivity contribution in [3.8, 4) is 0 Å². The van der Waals surface area contributed by atoms with Gasteiger partial charge in [-0.15, -0.1) is 0 Å². The van der Waals surface area contributed by atoms with Crippen LogP contribution in [0.5, 0.6) is 0 Å². The Bertz CT molecular complexity index is 292. The Hall–Kier alpha value is -1.79. The highest BCUT2D eigenvalue weighted by molar-refractivity contribution is 5.82. The minimum Gasteiger partial charge on any atom is -0.480 e. The number of carbonyl (C=O) groups excluding carboxylic acids is 2. The molecule has 0 unspecified atom stereocenters. The van der Waals surface area contributed by atoms with Gasteiger partial charge in [-0.3, -0.25) is 4.79 Å². The van der Waals surface area contributed by atoms with Crippen molar-refractivity contribution in [1.29, 1.82) is 0 Å². The number of ether oxygens (including phenoxy) is 1. The first kappa shape index (κ1) is 15.2. The SMILES string of the molecule is CC[C@H](NC(=O)N(C)CCC(=O)OC)C(=O)O. The largest absolute Gasteiger partial charge is 0.480 e. The molecule has 1 atom stereocenters. The van der Waals surface area contributed by atoms with Gasteiger partial charge in [-0.1, -0.05) is 6.92 Å². The molecule has 0 saturated carbocycles. The van der Waals surface area contributed by atoms with E-state index in [1.165, 1.54) is 19.1 Å². The van der Waals surface area contributed by atoms with Crippen molar-refractivity contribution in [3.05, 3.63) is 0 Å². The van der Waals surface area contributed by atoms with Crippen LogP contribution in [0.25, 0.3) is 0 Å². The van der Waals surface area contributed by atoms with Crippen LogP contribution in [0.2, 0.25) is 0 Å². The van der Waals surface area contributed by atoms with Gasteiger partial charge in [0.15, 0.2) is 0 Å². The van der Waals surface area contributed by atoms with Crippen LogP contribution in [0, 0.1) is 0 Å². The Morgan fingerprint density at radius 2 is 2.00 bits per heavy atom. The summed E-state index contributed by atoms with van der Waals surface area (Å²) in [7, 11) is 2.74. The van der Waals surface area contributed by atoms with Crippen molar-refractivity contribution in [2.75, 3.05) is 20.7 Å². The fourth-order valence-corrected chi connectivity index (χ4v) is 1.06. The maximum Gasteiger partial charge on any atom is 0.326 e. The molecule has 0 heterocycles. The molecule has 0 aliphatic carbocycles. The summed E-state index contributed by atoms with van der Waals surface area (Å²) in [6, 6.07) is -1.44. The molecule has 0 aromatic rings. The number of amides is 2. The van der Waals surface area contributed by atoms with Crippen molar-refractivity contribution in [1.82, 2.24) is 10.2 Å². The second kappa shape index (κ2) is 7.48. The monoisotopic (exact) mass is 246 g/mol. The summed E-state index contributed by atoms with van der Waals surface area (Å²) in [5.74, 6) is -1.50. The Morgan fingerprint density at radius 3 is 2.41 bits per heavy atom. The predicted octanol–water partition coefficient (Wildman–Crippen LogP) is 0.0541. The van der Waals surface area contributed by atoms with Crippen molar-refractivity contribution >= 4 is 18.0 Å². The first-order chi connectivity index (χ1) is 7.92. The first-order valence-corrected chi connectivity index (χ1v) is 5.23. The number of aliphatic carboxylic acids is 1. The number of hydrogen-bond acceptors (Lipinski definition) is 4. The highest BCUT2D eigenvalue weighted by Crippen LogP contribution is 1.95. The zero-order chi connectivity index (χ0) is 13.4. The molecule has 0 spiro atoms. The lowest BCUT2D eigenvalue weighted by molar-refractivity contribution is -0.141. The lowest BCUT2D eigenvalue weighted by atomic mass is 10.2. The van der Waals surface area contributed by atoms with E-state index in [9.17, 15) is 14.4 Å². The molecule has 2 N–H and O–H groups in total. The van der Waals surface area contributed by atoms with Gasteiger partial charge in [0.25, 0.3) is 0 Å². The zero-order valence-corrected chi connectivity index (χ0v) is 10.2. The summed E-state index contributed by atoms with van der Waals surface area (Å²) in [5, 5.41) is 11.1. The van der Waals surface area contributed by atoms with E-state index in [1.807, 2.05) is 0 Å². The molecule has 17 heavy (non-hydrogen) atoms. The molecule has 0 aliphatic heterocycles. The number of nitrogens with one attached hydrogen (secondary N) is 1. The van der Waals surface area contributed by atoms with Gasteiger partial charge in [0.1, 0.15) is 6.04 Å². The van der Waals surface area contributed by atoms with Gasteiger partial charge < -0.3 is 20.1 Å². The van der Waals surface area contributed by atoms with Crippen LogP contribution in [-0.4, -0.2) is 54.7 Å². The molecular weight excluding hydrogens is 228 g/mol. The summed E-state index contributed by atoms with van der Waals surface area (Å²) in [6.45, 7) is 1.84. The molecule has 0 fully saturated rings. The standard InChI is InChI=1S/C10H18N2O5/c1-4-7(9(14)15)11-10(16)12(2)6-5-8(13)17-3/h7H,4-6H2,1-3H3,(H,11,16)(H,14,15)/t7-/m0/s1. The average molecular weight is 246 g/mol. The Kier molecular flexibility index (Phi) is 6.69. The van der Waals surface area contributed by atoms with Crippen molar-refractivity contribution in [3.63, 3.8) is 0 Å². The van der Waals surface area contributed by atoms with E-state index in [2.05, 4.69) is 10.1 Å². The Labute approximate surface area is 99.7 Å². The number of carbonyl (C=O) groups is 3. The highest BCUT2D eigenvalue weighted by Gasteiger charge is 2.19. The van der Waals surface area contributed by atoms with Gasteiger partial charge in [0, 0.05) is 13.6 Å². The minimum atomic E-state index is -1.08. The number of carboxylic acids is 1. The molecule has 0 radical (unpaired) electrons. The lowest BCUT2D eigenvalue weighted by Gasteiger charge is -2.20. The Balaban J connectivity index is 4.12. The van der Waals surface area contributed by atoms with Crippen molar-refractivity contribution in [2.45, 2.75) is 25.8 Å². The minimum absolute atomic E-state index is 0.0737. The third-order valence-electron chi connectivity index (χ3n) is 2.23. The fourth-order valence-electron chi connectivity index (χ4n) is 1.06. The maximum absolute atomic E-state index is 11.5. The van der Waals surface area contributed by atoms with Crippen LogP contribution >= 0.6 is 0 Å². The van der Waals surface area contributed by atoms with E-state index in [0.29, 0.717) is 6.42 Å². The number of carboxylic acid groups (broad SMARTS) is 1. The van der Waals surface area contributed by atoms with Crippen LogP contribution in [-0.2, 0) is 14.3 Å². The molecule has 0 aromatic carbocycles. The van der Waals surface area contributed by atoms with Crippen LogP contribution in [0.3, 0.4) is 0 Å². The van der Waals surface area contributed by atoms with E-state index >= 15 is 0 Å². The van der Waals surface area contributed by atoms with Crippen LogP contribution in [0.1, 0.15) is 19.8 Å². The number of methoxy groups -OCH3 is 1. The summed E-state index contributed by atoms with van der Waals surface area (Å²) in [5.41, 5.74) is 0. The third kappa shape index (κ3) is 5.74. The topological polar surface area (TPSA) is 95.9 Å². The highest BCUT2D eigenvalue weighted by atomic mass is 16.5. The molecule has 0 bridgehead atoms. The van der Waals surface area contributed by atoms with Gasteiger partial charge in [-0.05, 0) is 6.42 Å². The lowest BCUT2D eigenvalue weighted by Crippen LogP contribution is -2.46. The Morgan fingerprint density at radius 1 is 1.41 bits per heavy atom. The van der Waals surface area contributed by atoms with Crippen LogP contribution in [0.15, 0.2) is 0 Å². The van der Waals surface area contributed by atoms with Crippen molar-refractivity contribution in [2.24, 2.45) is 0 Å². The molecule has 7 heteroatoms. The predicted molar refractivity (Wildman–Crippen MR) is 59.5 cm³/mol. The van der Waals surface area contributed by atoms with E-state index in [4.69, 9.17) is 5.11 Å². The average Bonchev–Trinajstić information content (AvgIpc) is 2.31. The van der Waals surface area contributed by atoms with E-state index in [1.54, 1.807) is 6.92 Å². The summed E-state index contributed by atoms with van der Waals surface area (Å²) >= 11 is 0. The van der Waals surface area contributed by atoms with Gasteiger partial charge in [-0.25, -0.2) is 9.59 Å². The van der Waals surface area contributed by atoms with Gasteiger partial charge >= 0.3 is 18.0 Å². The van der Waals surface area contributed by atoms with Crippen molar-refractivity contribution < 1.29 is 24.2 Å². The van der Waals surface area contributed by atoms with E-state index in [-0.39, 0.29) is 13.0 Å². The molecule has 0 saturated heterocycles. The molecule has 0 rings (SSSR count). The normalized spacial score (nSPS) is 11.5. The molecule has 0 aliphatic rings. The first-order valence-electron chi connectivity index (χ1n) is 5.23. The van der Waals surface area contributed by atoms with Gasteiger partial charge in [-0.2, -0.15) is 0 Å². The summed E-state index contributed by atoms with van der Waals surface area (Å²) in [6.07, 6.45) is 0.371. The number of nitrogens with zero attached hydrogens (tertiary/aromatic N) is 1. The third-order valence-corrected chi connectivity index (χ3v) is 2.23. The smallest absolute Gasteiger partial charge is 0.326 e. The number of esters is 1. The molecule has 98 valence electrons. The van der Waals surface area contributed by atoms with Crippen LogP contribution in [0.4, 0.5) is 4.79 Å². The van der Waals surface area contributed by atoms with Crippen LogP contribution < -0.4 is 5.32 Å². The zero-order valence-electron chi connectivity index (χ0n) is 10.2. The second-order valence-electron chi connectivity index (χ2n) is 3.50. The van der Waals surface area contributed by atoms with E-state index in [0.717, 1.165) is 0 Å². The molecule has 7 nitrogen and oxygen atoms in total. The quantitative estimate of drug-likeness (QED) is 0.646. The maximum atomic E-state index is 11.5. The fraction of sp³-hybridized carbons (Fsp3) is 0.700. The van der Waals surface area contributed by atoms with E-state index < -0.39 is 24.0 Å². The van der Waals surface area contributed by atoms with Gasteiger partial charge in [0.2, 0.25) is 0 Å². The van der Waals surface area contributed by atoms with Gasteiger partial charge in [0.05, 0.1) is 13.5 Å². The summed E-state index contributed by atoms with van der Waals surface area (Å²) in [4.78, 5) is 34.3. The molecular formula is C10H18N2O5. The molecule has 0 aromatic heterocycles.